The maximum atomic E-state index is 12.2. The Hall–Kier alpha value is -2.65. The number of methoxy groups -OCH3 is 2. The molecule has 0 aliphatic carbocycles. The molecular formula is C20H29ClN4O5. The highest BCUT2D eigenvalue weighted by Crippen LogP contribution is 2.35. The van der Waals surface area contributed by atoms with E-state index in [0.29, 0.717) is 48.9 Å². The number of amides is 1. The van der Waals surface area contributed by atoms with E-state index in [2.05, 4.69) is 4.90 Å². The number of carbonyl (C=O) groups excluding carboxylic acids is 1. The van der Waals surface area contributed by atoms with Crippen molar-refractivity contribution in [3.8, 4) is 11.5 Å². The molecule has 1 saturated heterocycles. The molecule has 0 spiro atoms. The molecule has 0 unspecified atom stereocenters. The van der Waals surface area contributed by atoms with Crippen LogP contribution in [0.5, 0.6) is 11.5 Å². The monoisotopic (exact) mass is 440 g/mol. The molecule has 9 nitrogen and oxygen atoms in total. The van der Waals surface area contributed by atoms with E-state index in [-0.39, 0.29) is 19.0 Å². The number of anilines is 2. The van der Waals surface area contributed by atoms with Gasteiger partial charge in [-0.1, -0.05) is 0 Å². The number of nitrogens with two attached hydrogens (primary N) is 1. The predicted molar refractivity (Wildman–Crippen MR) is 118 cm³/mol. The number of rotatable bonds is 5. The summed E-state index contributed by atoms with van der Waals surface area (Å²) in [6.45, 7) is 5.34. The van der Waals surface area contributed by atoms with Crippen molar-refractivity contribution < 1.29 is 24.1 Å². The smallest absolute Gasteiger partial charge is 0.409 e. The van der Waals surface area contributed by atoms with Gasteiger partial charge in [-0.3, -0.25) is 0 Å². The van der Waals surface area contributed by atoms with Crippen molar-refractivity contribution in [3.05, 3.63) is 18.2 Å². The van der Waals surface area contributed by atoms with Gasteiger partial charge in [0, 0.05) is 49.4 Å². The predicted octanol–water partition coefficient (Wildman–Crippen LogP) is 2.29. The van der Waals surface area contributed by atoms with Gasteiger partial charge in [0.05, 0.1) is 25.3 Å². The number of hydrogen-bond acceptors (Lipinski definition) is 8. The van der Waals surface area contributed by atoms with E-state index in [1.165, 1.54) is 0 Å². The zero-order valence-electron chi connectivity index (χ0n) is 17.7. The Morgan fingerprint density at radius 1 is 1.13 bits per heavy atom. The van der Waals surface area contributed by atoms with E-state index < -0.39 is 11.7 Å². The molecule has 1 amide bonds. The van der Waals surface area contributed by atoms with Crippen molar-refractivity contribution >= 4 is 40.9 Å². The van der Waals surface area contributed by atoms with Gasteiger partial charge < -0.3 is 34.9 Å². The van der Waals surface area contributed by atoms with Crippen molar-refractivity contribution in [2.75, 3.05) is 57.6 Å². The minimum absolute atomic E-state index is 0. The number of pyridine rings is 1. The van der Waals surface area contributed by atoms with Crippen LogP contribution in [0.2, 0.25) is 0 Å². The third kappa shape index (κ3) is 5.28. The number of halogens is 1. The van der Waals surface area contributed by atoms with Crippen LogP contribution < -0.4 is 20.1 Å². The van der Waals surface area contributed by atoms with Gasteiger partial charge >= 0.3 is 6.09 Å². The maximum Gasteiger partial charge on any atom is 0.409 e. The number of nitrogen functional groups attached to an aromatic ring is 1. The first-order valence-electron chi connectivity index (χ1n) is 9.43. The van der Waals surface area contributed by atoms with Crippen LogP contribution in [0, 0.1) is 0 Å². The Morgan fingerprint density at radius 3 is 2.30 bits per heavy atom. The highest BCUT2D eigenvalue weighted by molar-refractivity contribution is 5.94. The molecule has 2 heterocycles. The lowest BCUT2D eigenvalue weighted by atomic mass is 10.1. The van der Waals surface area contributed by atoms with Gasteiger partial charge in [-0.15, -0.1) is 12.4 Å². The van der Waals surface area contributed by atoms with Crippen LogP contribution in [0.15, 0.2) is 18.2 Å². The van der Waals surface area contributed by atoms with E-state index in [4.69, 9.17) is 24.9 Å². The SMILES string of the molecule is COc1cc2nc(N3CCN(C(=O)OCC(C)(C)O)CC3)cc(N)c2cc1OC.Cl. The summed E-state index contributed by atoms with van der Waals surface area (Å²) < 4.78 is 15.9. The van der Waals surface area contributed by atoms with Crippen molar-refractivity contribution in [1.82, 2.24) is 9.88 Å². The summed E-state index contributed by atoms with van der Waals surface area (Å²) in [5.41, 5.74) is 6.52. The summed E-state index contributed by atoms with van der Waals surface area (Å²) in [4.78, 5) is 20.6. The molecular weight excluding hydrogens is 412 g/mol. The molecule has 0 radical (unpaired) electrons. The van der Waals surface area contributed by atoms with Gasteiger partial charge in [0.2, 0.25) is 0 Å². The first-order chi connectivity index (χ1) is 13.7. The van der Waals surface area contributed by atoms with Crippen LogP contribution in [0.25, 0.3) is 10.9 Å². The molecule has 166 valence electrons. The fraction of sp³-hybridized carbons (Fsp3) is 0.500. The fourth-order valence-electron chi connectivity index (χ4n) is 3.17. The van der Waals surface area contributed by atoms with Crippen LogP contribution >= 0.6 is 12.4 Å². The van der Waals surface area contributed by atoms with E-state index in [1.807, 2.05) is 12.1 Å². The highest BCUT2D eigenvalue weighted by Gasteiger charge is 2.25. The Labute approximate surface area is 182 Å². The molecule has 1 aromatic carbocycles. The first kappa shape index (κ1) is 23.6. The lowest BCUT2D eigenvalue weighted by Gasteiger charge is -2.35. The molecule has 3 N–H and O–H groups in total. The van der Waals surface area contributed by atoms with Crippen molar-refractivity contribution in [3.63, 3.8) is 0 Å². The number of ether oxygens (including phenoxy) is 3. The second kappa shape index (κ2) is 9.44. The number of benzene rings is 1. The number of piperazine rings is 1. The quantitative estimate of drug-likeness (QED) is 0.728. The van der Waals surface area contributed by atoms with Gasteiger partial charge in [-0.25, -0.2) is 9.78 Å². The summed E-state index contributed by atoms with van der Waals surface area (Å²) in [6, 6.07) is 5.45. The number of nitrogens with zero attached hydrogens (tertiary/aromatic N) is 3. The summed E-state index contributed by atoms with van der Waals surface area (Å²) in [7, 11) is 3.15. The van der Waals surface area contributed by atoms with Crippen LogP contribution in [0.1, 0.15) is 13.8 Å². The average molecular weight is 441 g/mol. The summed E-state index contributed by atoms with van der Waals surface area (Å²) >= 11 is 0. The van der Waals surface area contributed by atoms with E-state index in [1.54, 1.807) is 39.0 Å². The minimum atomic E-state index is -1.05. The standard InChI is InChI=1S/C20H28N4O5.ClH/c1-20(2,26)12-29-19(25)24-7-5-23(6-8-24)18-10-14(21)13-9-16(27-3)17(28-4)11-15(13)22-18;/h9-11,26H,5-8,12H2,1-4H3,(H2,21,22);1H. The van der Waals surface area contributed by atoms with Crippen LogP contribution in [0.3, 0.4) is 0 Å². The lowest BCUT2D eigenvalue weighted by Crippen LogP contribution is -2.49. The number of fused-ring (bicyclic) bond motifs is 1. The molecule has 1 aliphatic rings. The van der Waals surface area contributed by atoms with Crippen molar-refractivity contribution in [1.29, 1.82) is 0 Å². The number of aromatic nitrogens is 1. The van der Waals surface area contributed by atoms with E-state index in [9.17, 15) is 9.90 Å². The Balaban J connectivity index is 0.00000320. The Morgan fingerprint density at radius 2 is 1.73 bits per heavy atom. The summed E-state index contributed by atoms with van der Waals surface area (Å²) in [5.74, 6) is 1.93. The first-order valence-corrected chi connectivity index (χ1v) is 9.43. The number of carbonyl (C=O) groups is 1. The normalized spacial score (nSPS) is 14.3. The van der Waals surface area contributed by atoms with Gasteiger partial charge in [0.15, 0.2) is 11.5 Å². The Kier molecular flexibility index (Phi) is 7.44. The van der Waals surface area contributed by atoms with Gasteiger partial charge in [0.1, 0.15) is 12.4 Å². The molecule has 30 heavy (non-hydrogen) atoms. The third-order valence-electron chi connectivity index (χ3n) is 4.74. The molecule has 0 atom stereocenters. The minimum Gasteiger partial charge on any atom is -0.493 e. The van der Waals surface area contributed by atoms with Crippen LogP contribution in [0.4, 0.5) is 16.3 Å². The lowest BCUT2D eigenvalue weighted by molar-refractivity contribution is -0.00414. The Bertz CT molecular complexity index is 895. The molecule has 1 fully saturated rings. The van der Waals surface area contributed by atoms with E-state index >= 15 is 0 Å². The fourth-order valence-corrected chi connectivity index (χ4v) is 3.17. The van der Waals surface area contributed by atoms with Gasteiger partial charge in [-0.2, -0.15) is 0 Å². The van der Waals surface area contributed by atoms with E-state index in [0.717, 1.165) is 11.2 Å². The second-order valence-corrected chi connectivity index (χ2v) is 7.64. The van der Waals surface area contributed by atoms with Gasteiger partial charge in [-0.05, 0) is 19.9 Å². The van der Waals surface area contributed by atoms with Crippen LogP contribution in [-0.4, -0.2) is 73.7 Å². The molecule has 1 aromatic heterocycles. The topological polar surface area (TPSA) is 110 Å². The van der Waals surface area contributed by atoms with Crippen molar-refractivity contribution in [2.45, 2.75) is 19.4 Å². The molecule has 0 bridgehead atoms. The molecule has 3 rings (SSSR count). The van der Waals surface area contributed by atoms with Gasteiger partial charge in [0.25, 0.3) is 0 Å². The summed E-state index contributed by atoms with van der Waals surface area (Å²) in [5, 5.41) is 10.5. The van der Waals surface area contributed by atoms with Crippen molar-refractivity contribution in [2.24, 2.45) is 0 Å². The molecule has 1 aliphatic heterocycles. The molecule has 0 saturated carbocycles. The maximum absolute atomic E-state index is 12.2. The largest absolute Gasteiger partial charge is 0.493 e. The van der Waals surface area contributed by atoms with Crippen LogP contribution in [-0.2, 0) is 4.74 Å². The zero-order valence-corrected chi connectivity index (χ0v) is 18.5. The average Bonchev–Trinajstić information content (AvgIpc) is 2.70. The molecule has 2 aromatic rings. The molecule has 10 heteroatoms. The third-order valence-corrected chi connectivity index (χ3v) is 4.74. The number of hydrogen-bond donors (Lipinski definition) is 2. The second-order valence-electron chi connectivity index (χ2n) is 7.64. The zero-order chi connectivity index (χ0) is 21.2. The number of aliphatic hydroxyl groups is 1. The highest BCUT2D eigenvalue weighted by atomic mass is 35.5. The summed E-state index contributed by atoms with van der Waals surface area (Å²) in [6.07, 6.45) is -0.422.